The molecule has 0 aliphatic carbocycles. The van der Waals surface area contributed by atoms with Gasteiger partial charge in [0.1, 0.15) is 0 Å². The molecule has 0 saturated carbocycles. The van der Waals surface area contributed by atoms with Crippen molar-refractivity contribution < 1.29 is 0 Å². The summed E-state index contributed by atoms with van der Waals surface area (Å²) < 4.78 is 3.21. The third-order valence-corrected chi connectivity index (χ3v) is 3.71. The van der Waals surface area contributed by atoms with Crippen molar-refractivity contribution in [2.24, 2.45) is 0 Å². The number of anilines is 1. The molecule has 0 saturated heterocycles. The number of nitrogen functional groups attached to an aromatic ring is 1. The molecular weight excluding hydrogens is 314 g/mol. The number of benzene rings is 2. The van der Waals surface area contributed by atoms with Gasteiger partial charge in [0.25, 0.3) is 0 Å². The molecule has 0 aliphatic rings. The van der Waals surface area contributed by atoms with Gasteiger partial charge in [-0.1, -0.05) is 40.2 Å². The van der Waals surface area contributed by atoms with Crippen LogP contribution in [0.2, 0.25) is 0 Å². The lowest BCUT2D eigenvalue weighted by molar-refractivity contribution is 0.805. The second-order valence-electron chi connectivity index (χ2n) is 4.66. The molecule has 0 unspecified atom stereocenters. The fraction of sp³-hybridized carbons (Fsp3) is 0.0625. The first-order chi connectivity index (χ1) is 9.72. The predicted molar refractivity (Wildman–Crippen MR) is 85.3 cm³/mol. The quantitative estimate of drug-likeness (QED) is 0.740. The van der Waals surface area contributed by atoms with Crippen molar-refractivity contribution in [3.05, 3.63) is 71.1 Å². The molecule has 0 fully saturated rings. The first kappa shape index (κ1) is 12.9. The van der Waals surface area contributed by atoms with Gasteiger partial charge in [0, 0.05) is 16.7 Å². The Morgan fingerprint density at radius 2 is 1.70 bits per heavy atom. The molecule has 3 nitrogen and oxygen atoms in total. The molecule has 2 aromatic carbocycles. The van der Waals surface area contributed by atoms with Crippen molar-refractivity contribution in [3.8, 4) is 11.3 Å². The van der Waals surface area contributed by atoms with E-state index >= 15 is 0 Å². The van der Waals surface area contributed by atoms with Gasteiger partial charge in [-0.25, -0.2) is 4.98 Å². The number of hydrogen-bond donors (Lipinski definition) is 1. The Morgan fingerprint density at radius 1 is 1.00 bits per heavy atom. The maximum Gasteiger partial charge on any atom is 0.0954 e. The van der Waals surface area contributed by atoms with Crippen LogP contribution in [-0.4, -0.2) is 9.55 Å². The highest BCUT2D eigenvalue weighted by molar-refractivity contribution is 9.10. The van der Waals surface area contributed by atoms with Crippen LogP contribution in [0, 0.1) is 0 Å². The van der Waals surface area contributed by atoms with Crippen molar-refractivity contribution >= 4 is 21.6 Å². The van der Waals surface area contributed by atoms with Crippen molar-refractivity contribution in [1.29, 1.82) is 0 Å². The highest BCUT2D eigenvalue weighted by atomic mass is 79.9. The van der Waals surface area contributed by atoms with Gasteiger partial charge < -0.3 is 10.3 Å². The Bertz CT molecular complexity index is 699. The van der Waals surface area contributed by atoms with Crippen LogP contribution in [0.5, 0.6) is 0 Å². The van der Waals surface area contributed by atoms with E-state index in [1.807, 2.05) is 48.9 Å². The number of nitrogens with zero attached hydrogens (tertiary/aromatic N) is 2. The summed E-state index contributed by atoms with van der Waals surface area (Å²) in [7, 11) is 0. The minimum absolute atomic E-state index is 0.783. The van der Waals surface area contributed by atoms with E-state index in [1.54, 1.807) is 0 Å². The van der Waals surface area contributed by atoms with Crippen LogP contribution in [0.1, 0.15) is 5.56 Å². The van der Waals surface area contributed by atoms with E-state index in [2.05, 4.69) is 37.6 Å². The standard InChI is InChI=1S/C16H14BrN3/c17-14-5-3-13(4-6-14)16-9-19-11-20(16)10-12-1-7-15(18)8-2-12/h1-9,11H,10,18H2. The zero-order chi connectivity index (χ0) is 13.9. The second kappa shape index (κ2) is 5.51. The lowest BCUT2D eigenvalue weighted by Gasteiger charge is -2.09. The highest BCUT2D eigenvalue weighted by Crippen LogP contribution is 2.22. The van der Waals surface area contributed by atoms with Crippen LogP contribution >= 0.6 is 15.9 Å². The highest BCUT2D eigenvalue weighted by Gasteiger charge is 2.05. The summed E-state index contributed by atoms with van der Waals surface area (Å²) in [4.78, 5) is 4.26. The summed E-state index contributed by atoms with van der Waals surface area (Å²) in [5, 5.41) is 0. The Hall–Kier alpha value is -2.07. The maximum atomic E-state index is 5.71. The van der Waals surface area contributed by atoms with E-state index in [9.17, 15) is 0 Å². The summed E-state index contributed by atoms with van der Waals surface area (Å²) in [6, 6.07) is 16.2. The molecule has 2 N–H and O–H groups in total. The molecule has 0 amide bonds. The van der Waals surface area contributed by atoms with E-state index in [1.165, 1.54) is 5.56 Å². The van der Waals surface area contributed by atoms with E-state index < -0.39 is 0 Å². The Labute approximate surface area is 126 Å². The molecule has 0 radical (unpaired) electrons. The molecule has 1 heterocycles. The van der Waals surface area contributed by atoms with Crippen LogP contribution in [0.25, 0.3) is 11.3 Å². The van der Waals surface area contributed by atoms with Crippen LogP contribution in [0.3, 0.4) is 0 Å². The van der Waals surface area contributed by atoms with Crippen LogP contribution in [0.15, 0.2) is 65.5 Å². The van der Waals surface area contributed by atoms with Crippen LogP contribution < -0.4 is 5.73 Å². The topological polar surface area (TPSA) is 43.8 Å². The number of imidazole rings is 1. The summed E-state index contributed by atoms with van der Waals surface area (Å²) >= 11 is 3.45. The van der Waals surface area contributed by atoms with Crippen molar-refractivity contribution in [2.75, 3.05) is 5.73 Å². The molecule has 3 aromatic rings. The number of nitrogens with two attached hydrogens (primary N) is 1. The Kier molecular flexibility index (Phi) is 3.56. The number of aromatic nitrogens is 2. The third-order valence-electron chi connectivity index (χ3n) is 3.18. The first-order valence-corrected chi connectivity index (χ1v) is 7.12. The normalized spacial score (nSPS) is 10.7. The number of hydrogen-bond acceptors (Lipinski definition) is 2. The molecule has 0 bridgehead atoms. The Balaban J connectivity index is 1.90. The predicted octanol–water partition coefficient (Wildman–Crippen LogP) is 3.94. The molecule has 1 aromatic heterocycles. The van der Waals surface area contributed by atoms with Gasteiger partial charge in [-0.3, -0.25) is 0 Å². The maximum absolute atomic E-state index is 5.71. The molecule has 0 aliphatic heterocycles. The zero-order valence-electron chi connectivity index (χ0n) is 10.8. The van der Waals surface area contributed by atoms with Crippen molar-refractivity contribution in [1.82, 2.24) is 9.55 Å². The molecule has 100 valence electrons. The Morgan fingerprint density at radius 3 is 2.40 bits per heavy atom. The first-order valence-electron chi connectivity index (χ1n) is 6.33. The van der Waals surface area contributed by atoms with Crippen LogP contribution in [0.4, 0.5) is 5.69 Å². The van der Waals surface area contributed by atoms with Gasteiger partial charge in [0.05, 0.1) is 18.2 Å². The van der Waals surface area contributed by atoms with E-state index in [-0.39, 0.29) is 0 Å². The fourth-order valence-corrected chi connectivity index (χ4v) is 2.39. The SMILES string of the molecule is Nc1ccc(Cn2cncc2-c2ccc(Br)cc2)cc1. The second-order valence-corrected chi connectivity index (χ2v) is 5.57. The lowest BCUT2D eigenvalue weighted by Crippen LogP contribution is -2.00. The smallest absolute Gasteiger partial charge is 0.0954 e. The molecule has 3 rings (SSSR count). The summed E-state index contributed by atoms with van der Waals surface area (Å²) in [5.74, 6) is 0. The summed E-state index contributed by atoms with van der Waals surface area (Å²) in [6.07, 6.45) is 3.74. The lowest BCUT2D eigenvalue weighted by atomic mass is 10.1. The van der Waals surface area contributed by atoms with Gasteiger partial charge in [0.15, 0.2) is 0 Å². The summed E-state index contributed by atoms with van der Waals surface area (Å²) in [5.41, 5.74) is 9.96. The number of halogens is 1. The van der Waals surface area contributed by atoms with Gasteiger partial charge in [-0.05, 0) is 35.4 Å². The molecule has 0 atom stereocenters. The largest absolute Gasteiger partial charge is 0.399 e. The number of rotatable bonds is 3. The average Bonchev–Trinajstić information content (AvgIpc) is 2.90. The molecular formula is C16H14BrN3. The minimum Gasteiger partial charge on any atom is -0.399 e. The van der Waals surface area contributed by atoms with Crippen molar-refractivity contribution in [2.45, 2.75) is 6.54 Å². The summed E-state index contributed by atoms with van der Waals surface area (Å²) in [6.45, 7) is 0.783. The molecule has 20 heavy (non-hydrogen) atoms. The fourth-order valence-electron chi connectivity index (χ4n) is 2.13. The molecule has 0 spiro atoms. The van der Waals surface area contributed by atoms with Crippen molar-refractivity contribution in [3.63, 3.8) is 0 Å². The third kappa shape index (κ3) is 2.75. The molecule has 4 heteroatoms. The monoisotopic (exact) mass is 327 g/mol. The average molecular weight is 328 g/mol. The van der Waals surface area contributed by atoms with E-state index in [4.69, 9.17) is 5.73 Å². The zero-order valence-corrected chi connectivity index (χ0v) is 12.4. The van der Waals surface area contributed by atoms with Gasteiger partial charge in [-0.2, -0.15) is 0 Å². The van der Waals surface area contributed by atoms with Gasteiger partial charge in [-0.15, -0.1) is 0 Å². The van der Waals surface area contributed by atoms with Gasteiger partial charge >= 0.3 is 0 Å². The van der Waals surface area contributed by atoms with Crippen LogP contribution in [-0.2, 0) is 6.54 Å². The van der Waals surface area contributed by atoms with E-state index in [0.29, 0.717) is 0 Å². The van der Waals surface area contributed by atoms with E-state index in [0.717, 1.165) is 28.0 Å². The van der Waals surface area contributed by atoms with Gasteiger partial charge in [0.2, 0.25) is 0 Å². The minimum atomic E-state index is 0.783.